The van der Waals surface area contributed by atoms with E-state index in [1.54, 1.807) is 36.1 Å². The third kappa shape index (κ3) is 6.34. The van der Waals surface area contributed by atoms with Crippen molar-refractivity contribution in [1.29, 1.82) is 0 Å². The zero-order chi connectivity index (χ0) is 28.2. The first-order valence-electron chi connectivity index (χ1n) is 13.5. The second-order valence-corrected chi connectivity index (χ2v) is 11.9. The Kier molecular flexibility index (Phi) is 9.09. The van der Waals surface area contributed by atoms with Gasteiger partial charge < -0.3 is 10.1 Å². The summed E-state index contributed by atoms with van der Waals surface area (Å²) in [6.07, 6.45) is 0.632. The number of amides is 2. The smallest absolute Gasteiger partial charge is 0.338 e. The molecule has 1 atom stereocenters. The van der Waals surface area contributed by atoms with E-state index in [-0.39, 0.29) is 17.5 Å². The van der Waals surface area contributed by atoms with Crippen molar-refractivity contribution in [2.24, 2.45) is 0 Å². The number of likely N-dealkylation sites (N-methyl/N-ethyl adjacent to an activating group) is 1. The summed E-state index contributed by atoms with van der Waals surface area (Å²) in [6.45, 7) is 10.3. The predicted molar refractivity (Wildman–Crippen MR) is 149 cm³/mol. The average Bonchev–Trinajstić information content (AvgIpc) is 3.15. The van der Waals surface area contributed by atoms with Crippen LogP contribution in [0.4, 0.5) is 4.79 Å². The molecule has 0 unspecified atom stereocenters. The van der Waals surface area contributed by atoms with Gasteiger partial charge in [-0.1, -0.05) is 47.5 Å². The van der Waals surface area contributed by atoms with Crippen molar-refractivity contribution < 1.29 is 22.7 Å². The monoisotopic (exact) mass is 554 g/mol. The number of carbonyl (C=O) groups excluding carboxylic acids is 2. The molecule has 0 bridgehead atoms. The molecule has 2 heterocycles. The highest BCUT2D eigenvalue weighted by atomic mass is 32.2. The number of hydrogen-bond donors (Lipinski definition) is 1. The Morgan fingerprint density at radius 1 is 0.949 bits per heavy atom. The maximum absolute atomic E-state index is 13.3. The first-order valence-corrected chi connectivity index (χ1v) is 14.9. The Balaban J connectivity index is 1.63. The van der Waals surface area contributed by atoms with Crippen LogP contribution in [0.2, 0.25) is 0 Å². The Labute approximate surface area is 231 Å². The predicted octanol–water partition coefficient (Wildman–Crippen LogP) is 3.60. The van der Waals surface area contributed by atoms with Crippen molar-refractivity contribution in [2.45, 2.75) is 45.1 Å². The normalized spacial score (nSPS) is 19.5. The van der Waals surface area contributed by atoms with E-state index in [4.69, 9.17) is 4.74 Å². The van der Waals surface area contributed by atoms with Crippen LogP contribution in [0.5, 0.6) is 0 Å². The van der Waals surface area contributed by atoms with Crippen LogP contribution < -0.4 is 5.32 Å². The second kappa shape index (κ2) is 12.3. The molecule has 2 aromatic rings. The third-order valence-corrected chi connectivity index (χ3v) is 9.15. The lowest BCUT2D eigenvalue weighted by Gasteiger charge is -2.38. The van der Waals surface area contributed by atoms with E-state index in [1.807, 2.05) is 45.0 Å². The summed E-state index contributed by atoms with van der Waals surface area (Å²) in [4.78, 5) is 30.5. The van der Waals surface area contributed by atoms with E-state index < -0.39 is 22.0 Å². The molecule has 39 heavy (non-hydrogen) atoms. The number of rotatable bonds is 8. The van der Waals surface area contributed by atoms with Gasteiger partial charge in [-0.15, -0.1) is 0 Å². The zero-order valence-corrected chi connectivity index (χ0v) is 24.0. The molecule has 2 aliphatic heterocycles. The average molecular weight is 555 g/mol. The van der Waals surface area contributed by atoms with E-state index >= 15 is 0 Å². The summed E-state index contributed by atoms with van der Waals surface area (Å²) in [6, 6.07) is 13.7. The van der Waals surface area contributed by atoms with Gasteiger partial charge >= 0.3 is 12.0 Å². The molecule has 1 saturated heterocycles. The summed E-state index contributed by atoms with van der Waals surface area (Å²) in [5, 5.41) is 2.99. The minimum Gasteiger partial charge on any atom is -0.463 e. The topological polar surface area (TPSA) is 99.3 Å². The molecule has 0 saturated carbocycles. The highest BCUT2D eigenvalue weighted by Crippen LogP contribution is 2.32. The molecule has 210 valence electrons. The maximum atomic E-state index is 13.3. The van der Waals surface area contributed by atoms with Crippen LogP contribution in [0.1, 0.15) is 43.0 Å². The number of nitrogens with one attached hydrogen (secondary N) is 1. The fourth-order valence-corrected chi connectivity index (χ4v) is 6.55. The van der Waals surface area contributed by atoms with Crippen LogP contribution in [0.15, 0.2) is 64.7 Å². The highest BCUT2D eigenvalue weighted by molar-refractivity contribution is 7.89. The second-order valence-electron chi connectivity index (χ2n) is 9.97. The number of urea groups is 1. The van der Waals surface area contributed by atoms with Crippen LogP contribution >= 0.6 is 0 Å². The van der Waals surface area contributed by atoms with E-state index in [1.165, 1.54) is 4.31 Å². The van der Waals surface area contributed by atoms with E-state index in [0.717, 1.165) is 16.7 Å². The van der Waals surface area contributed by atoms with Crippen molar-refractivity contribution in [3.05, 3.63) is 76.5 Å². The SMILES string of the molecule is CCOC(=O)C1=C(CN2CCCN(S(=O)(=O)c3ccc(C)cc3)CC2)N(CC)C(=O)N[C@@H]1c1ccc(C)cc1. The molecule has 0 aromatic heterocycles. The molecule has 0 spiro atoms. The van der Waals surface area contributed by atoms with Crippen molar-refractivity contribution >= 4 is 22.0 Å². The molecular weight excluding hydrogens is 516 g/mol. The van der Waals surface area contributed by atoms with Crippen molar-refractivity contribution in [3.8, 4) is 0 Å². The molecule has 0 radical (unpaired) electrons. The van der Waals surface area contributed by atoms with Gasteiger partial charge in [0.1, 0.15) is 0 Å². The number of esters is 1. The maximum Gasteiger partial charge on any atom is 0.338 e. The van der Waals surface area contributed by atoms with Crippen LogP contribution in [-0.2, 0) is 19.6 Å². The number of ether oxygens (including phenoxy) is 1. The fourth-order valence-electron chi connectivity index (χ4n) is 5.08. The molecule has 1 N–H and O–H groups in total. The van der Waals surface area contributed by atoms with Gasteiger partial charge in [-0.3, -0.25) is 9.80 Å². The van der Waals surface area contributed by atoms with E-state index in [9.17, 15) is 18.0 Å². The molecule has 2 aliphatic rings. The molecule has 9 nitrogen and oxygen atoms in total. The lowest BCUT2D eigenvalue weighted by Crippen LogP contribution is -2.51. The van der Waals surface area contributed by atoms with E-state index in [2.05, 4.69) is 10.2 Å². The lowest BCUT2D eigenvalue weighted by atomic mass is 9.93. The summed E-state index contributed by atoms with van der Waals surface area (Å²) in [5.41, 5.74) is 3.89. The number of aryl methyl sites for hydroxylation is 2. The van der Waals surface area contributed by atoms with Crippen LogP contribution in [0, 0.1) is 13.8 Å². The van der Waals surface area contributed by atoms with Gasteiger partial charge in [0, 0.05) is 38.4 Å². The minimum absolute atomic E-state index is 0.214. The van der Waals surface area contributed by atoms with Crippen molar-refractivity contribution in [1.82, 2.24) is 19.4 Å². The lowest BCUT2D eigenvalue weighted by molar-refractivity contribution is -0.139. The van der Waals surface area contributed by atoms with Gasteiger partial charge in [0.2, 0.25) is 10.0 Å². The van der Waals surface area contributed by atoms with Gasteiger partial charge in [-0.2, -0.15) is 4.31 Å². The molecule has 2 aromatic carbocycles. The van der Waals surface area contributed by atoms with Gasteiger partial charge in [0.15, 0.2) is 0 Å². The van der Waals surface area contributed by atoms with Gasteiger partial charge in [-0.25, -0.2) is 18.0 Å². The van der Waals surface area contributed by atoms with E-state index in [0.29, 0.717) is 57.0 Å². The van der Waals surface area contributed by atoms with Gasteiger partial charge in [0.05, 0.1) is 23.1 Å². The number of carbonyl (C=O) groups is 2. The van der Waals surface area contributed by atoms with Crippen LogP contribution in [0.3, 0.4) is 0 Å². The van der Waals surface area contributed by atoms with Crippen LogP contribution in [-0.4, -0.2) is 80.4 Å². The zero-order valence-electron chi connectivity index (χ0n) is 23.1. The third-order valence-electron chi connectivity index (χ3n) is 7.24. The number of nitrogens with zero attached hydrogens (tertiary/aromatic N) is 3. The van der Waals surface area contributed by atoms with Crippen molar-refractivity contribution in [2.75, 3.05) is 45.9 Å². The fraction of sp³-hybridized carbons (Fsp3) is 0.448. The van der Waals surface area contributed by atoms with Gasteiger partial charge in [-0.05, 0) is 58.4 Å². The highest BCUT2D eigenvalue weighted by Gasteiger charge is 2.38. The minimum atomic E-state index is -3.62. The Hall–Kier alpha value is -3.21. The Morgan fingerprint density at radius 2 is 1.59 bits per heavy atom. The quantitative estimate of drug-likeness (QED) is 0.501. The number of benzene rings is 2. The standard InChI is InChI=1S/C29H38N4O5S/c1-5-33-25(26(28(34)38-6-2)27(30-29(33)35)23-12-8-21(3)9-13-23)20-31-16-7-17-32(19-18-31)39(36,37)24-14-10-22(4)11-15-24/h8-15,27H,5-7,16-20H2,1-4H3,(H,30,35)/t27-/m1/s1. The summed E-state index contributed by atoms with van der Waals surface area (Å²) < 4.78 is 33.6. The molecule has 0 aliphatic carbocycles. The first kappa shape index (κ1) is 28.8. The molecule has 2 amide bonds. The first-order chi connectivity index (χ1) is 18.6. The largest absolute Gasteiger partial charge is 0.463 e. The summed E-state index contributed by atoms with van der Waals surface area (Å²) in [7, 11) is -3.62. The number of sulfonamides is 1. The van der Waals surface area contributed by atoms with Crippen molar-refractivity contribution in [3.63, 3.8) is 0 Å². The Bertz CT molecular complexity index is 1320. The molecule has 10 heteroatoms. The summed E-state index contributed by atoms with van der Waals surface area (Å²) >= 11 is 0. The molecule has 1 fully saturated rings. The Morgan fingerprint density at radius 3 is 2.21 bits per heavy atom. The van der Waals surface area contributed by atoms with Gasteiger partial charge in [0.25, 0.3) is 0 Å². The number of hydrogen-bond acceptors (Lipinski definition) is 6. The molecule has 4 rings (SSSR count). The summed E-state index contributed by atoms with van der Waals surface area (Å²) in [5.74, 6) is -0.463. The van der Waals surface area contributed by atoms with Crippen LogP contribution in [0.25, 0.3) is 0 Å². The molecular formula is C29H38N4O5S.